The molecule has 104 valence electrons. The minimum absolute atomic E-state index is 0.0281. The van der Waals surface area contributed by atoms with E-state index in [2.05, 4.69) is 10.6 Å². The van der Waals surface area contributed by atoms with E-state index in [0.717, 1.165) is 32.1 Å². The molecule has 1 fully saturated rings. The Hall–Kier alpha value is -1.72. The summed E-state index contributed by atoms with van der Waals surface area (Å²) in [5, 5.41) is 4.75. The number of halogens is 3. The summed E-state index contributed by atoms with van der Waals surface area (Å²) in [7, 11) is 0. The van der Waals surface area contributed by atoms with Crippen LogP contribution in [0.1, 0.15) is 32.1 Å². The monoisotopic (exact) mass is 272 g/mol. The maximum absolute atomic E-state index is 13.3. The van der Waals surface area contributed by atoms with E-state index in [1.807, 2.05) is 0 Å². The third-order valence-electron chi connectivity index (χ3n) is 3.19. The number of hydrogen-bond acceptors (Lipinski definition) is 1. The number of urea groups is 1. The second kappa shape index (κ2) is 5.95. The summed E-state index contributed by atoms with van der Waals surface area (Å²) in [6.45, 7) is 0. The molecule has 1 saturated carbocycles. The number of carbonyl (C=O) groups is 1. The molecule has 19 heavy (non-hydrogen) atoms. The normalized spacial score (nSPS) is 16.2. The Morgan fingerprint density at radius 3 is 2.21 bits per heavy atom. The van der Waals surface area contributed by atoms with Gasteiger partial charge in [0, 0.05) is 18.2 Å². The highest BCUT2D eigenvalue weighted by Crippen LogP contribution is 2.21. The van der Waals surface area contributed by atoms with Gasteiger partial charge in [-0.1, -0.05) is 19.3 Å². The summed E-state index contributed by atoms with van der Waals surface area (Å²) in [6.07, 6.45) is 4.93. The van der Waals surface area contributed by atoms with Gasteiger partial charge in [0.2, 0.25) is 0 Å². The average molecular weight is 272 g/mol. The molecule has 0 aliphatic heterocycles. The summed E-state index contributed by atoms with van der Waals surface area (Å²) in [6, 6.07) is 0.412. The van der Waals surface area contributed by atoms with E-state index < -0.39 is 29.2 Å². The topological polar surface area (TPSA) is 41.1 Å². The molecule has 2 rings (SSSR count). The highest BCUT2D eigenvalue weighted by molar-refractivity contribution is 5.89. The molecule has 3 nitrogen and oxygen atoms in total. The fraction of sp³-hybridized carbons (Fsp3) is 0.462. The molecule has 1 aromatic rings. The van der Waals surface area contributed by atoms with Crippen LogP contribution in [0, 0.1) is 17.5 Å². The fourth-order valence-electron chi connectivity index (χ4n) is 2.24. The molecule has 1 aromatic carbocycles. The highest BCUT2D eigenvalue weighted by atomic mass is 19.1. The molecule has 0 heterocycles. The fourth-order valence-corrected chi connectivity index (χ4v) is 2.24. The molecule has 1 aliphatic carbocycles. The van der Waals surface area contributed by atoms with E-state index in [-0.39, 0.29) is 6.04 Å². The van der Waals surface area contributed by atoms with Gasteiger partial charge in [-0.25, -0.2) is 18.0 Å². The summed E-state index contributed by atoms with van der Waals surface area (Å²) in [5.41, 5.74) is -0.630. The number of benzene rings is 1. The van der Waals surface area contributed by atoms with Crippen LogP contribution in [0.4, 0.5) is 23.7 Å². The summed E-state index contributed by atoms with van der Waals surface area (Å²) in [5.74, 6) is -3.28. The molecule has 0 saturated heterocycles. The standard InChI is InChI=1S/C13H15F3N2O/c14-8-6-10(15)12(11(16)7-8)18-13(19)17-9-4-2-1-3-5-9/h6-7,9H,1-5H2,(H2,17,18,19). The Morgan fingerprint density at radius 1 is 1.05 bits per heavy atom. The van der Waals surface area contributed by atoms with Gasteiger partial charge in [0.15, 0.2) is 11.6 Å². The lowest BCUT2D eigenvalue weighted by Gasteiger charge is -2.23. The third-order valence-corrected chi connectivity index (χ3v) is 3.19. The van der Waals surface area contributed by atoms with Gasteiger partial charge in [-0.15, -0.1) is 0 Å². The van der Waals surface area contributed by atoms with Gasteiger partial charge in [-0.3, -0.25) is 0 Å². The number of hydrogen-bond donors (Lipinski definition) is 2. The Balaban J connectivity index is 1.98. The number of anilines is 1. The van der Waals surface area contributed by atoms with E-state index in [9.17, 15) is 18.0 Å². The predicted octanol–water partition coefficient (Wildman–Crippen LogP) is 3.56. The van der Waals surface area contributed by atoms with E-state index in [4.69, 9.17) is 0 Å². The van der Waals surface area contributed by atoms with Crippen molar-refractivity contribution in [2.24, 2.45) is 0 Å². The maximum Gasteiger partial charge on any atom is 0.319 e. The molecule has 1 aliphatic rings. The number of rotatable bonds is 2. The van der Waals surface area contributed by atoms with Crippen molar-refractivity contribution in [3.63, 3.8) is 0 Å². The Kier molecular flexibility index (Phi) is 4.29. The lowest BCUT2D eigenvalue weighted by Crippen LogP contribution is -2.39. The van der Waals surface area contributed by atoms with Crippen LogP contribution in [-0.2, 0) is 0 Å². The molecule has 0 atom stereocenters. The van der Waals surface area contributed by atoms with Crippen LogP contribution in [0.25, 0.3) is 0 Å². The first-order valence-electron chi connectivity index (χ1n) is 6.28. The SMILES string of the molecule is O=C(Nc1c(F)cc(F)cc1F)NC1CCCCC1. The van der Waals surface area contributed by atoms with Gasteiger partial charge in [0.1, 0.15) is 11.5 Å². The van der Waals surface area contributed by atoms with E-state index >= 15 is 0 Å². The van der Waals surface area contributed by atoms with Crippen molar-refractivity contribution in [1.29, 1.82) is 0 Å². The van der Waals surface area contributed by atoms with Gasteiger partial charge in [0.25, 0.3) is 0 Å². The first kappa shape index (κ1) is 13.7. The van der Waals surface area contributed by atoms with Crippen molar-refractivity contribution < 1.29 is 18.0 Å². The Bertz CT molecular complexity index is 450. The molecular weight excluding hydrogens is 257 g/mol. The van der Waals surface area contributed by atoms with E-state index in [1.54, 1.807) is 0 Å². The molecule has 0 radical (unpaired) electrons. The highest BCUT2D eigenvalue weighted by Gasteiger charge is 2.18. The second-order valence-corrected chi connectivity index (χ2v) is 4.68. The zero-order valence-electron chi connectivity index (χ0n) is 10.3. The van der Waals surface area contributed by atoms with Crippen LogP contribution in [-0.4, -0.2) is 12.1 Å². The molecule has 6 heteroatoms. The number of amides is 2. The van der Waals surface area contributed by atoms with E-state index in [0.29, 0.717) is 12.1 Å². The van der Waals surface area contributed by atoms with Crippen LogP contribution < -0.4 is 10.6 Å². The summed E-state index contributed by atoms with van der Waals surface area (Å²) in [4.78, 5) is 11.6. The zero-order valence-corrected chi connectivity index (χ0v) is 10.3. The van der Waals surface area contributed by atoms with Gasteiger partial charge in [-0.2, -0.15) is 0 Å². The van der Waals surface area contributed by atoms with Gasteiger partial charge in [0.05, 0.1) is 0 Å². The molecule has 0 spiro atoms. The minimum Gasteiger partial charge on any atom is -0.335 e. The smallest absolute Gasteiger partial charge is 0.319 e. The molecule has 2 amide bonds. The lowest BCUT2D eigenvalue weighted by molar-refractivity contribution is 0.244. The van der Waals surface area contributed by atoms with Crippen LogP contribution in [0.3, 0.4) is 0 Å². The predicted molar refractivity (Wildman–Crippen MR) is 65.3 cm³/mol. The number of nitrogens with one attached hydrogen (secondary N) is 2. The second-order valence-electron chi connectivity index (χ2n) is 4.68. The van der Waals surface area contributed by atoms with Crippen molar-refractivity contribution in [2.75, 3.05) is 5.32 Å². The minimum atomic E-state index is -1.13. The molecule has 0 unspecified atom stereocenters. The van der Waals surface area contributed by atoms with Gasteiger partial charge in [-0.05, 0) is 12.8 Å². The summed E-state index contributed by atoms with van der Waals surface area (Å²) >= 11 is 0. The van der Waals surface area contributed by atoms with Crippen LogP contribution in [0.5, 0.6) is 0 Å². The molecule has 2 N–H and O–H groups in total. The van der Waals surface area contributed by atoms with E-state index in [1.165, 1.54) is 0 Å². The number of carbonyl (C=O) groups excluding carboxylic acids is 1. The Morgan fingerprint density at radius 2 is 1.63 bits per heavy atom. The molecule has 0 bridgehead atoms. The molecule has 0 aromatic heterocycles. The third kappa shape index (κ3) is 3.62. The largest absolute Gasteiger partial charge is 0.335 e. The van der Waals surface area contributed by atoms with Crippen molar-refractivity contribution in [3.05, 3.63) is 29.6 Å². The van der Waals surface area contributed by atoms with Crippen molar-refractivity contribution in [1.82, 2.24) is 5.32 Å². The van der Waals surface area contributed by atoms with Crippen molar-refractivity contribution >= 4 is 11.7 Å². The Labute approximate surface area is 109 Å². The first-order chi connectivity index (χ1) is 9.06. The maximum atomic E-state index is 13.3. The first-order valence-corrected chi connectivity index (χ1v) is 6.28. The van der Waals surface area contributed by atoms with Crippen LogP contribution in [0.2, 0.25) is 0 Å². The quantitative estimate of drug-likeness (QED) is 0.849. The molecular formula is C13H15F3N2O. The van der Waals surface area contributed by atoms with Crippen molar-refractivity contribution in [3.8, 4) is 0 Å². The summed E-state index contributed by atoms with van der Waals surface area (Å²) < 4.78 is 39.4. The van der Waals surface area contributed by atoms with Gasteiger partial charge >= 0.3 is 6.03 Å². The average Bonchev–Trinajstić information content (AvgIpc) is 2.35. The van der Waals surface area contributed by atoms with Crippen LogP contribution in [0.15, 0.2) is 12.1 Å². The van der Waals surface area contributed by atoms with Crippen molar-refractivity contribution in [2.45, 2.75) is 38.1 Å². The lowest BCUT2D eigenvalue weighted by atomic mass is 9.96. The van der Waals surface area contributed by atoms with Gasteiger partial charge < -0.3 is 10.6 Å². The van der Waals surface area contributed by atoms with Crippen LogP contribution >= 0.6 is 0 Å². The zero-order chi connectivity index (χ0) is 13.8.